The maximum atomic E-state index is 12.2. The van der Waals surface area contributed by atoms with Crippen molar-refractivity contribution in [3.63, 3.8) is 0 Å². The predicted octanol–water partition coefficient (Wildman–Crippen LogP) is 6.62. The Morgan fingerprint density at radius 3 is 2.78 bits per heavy atom. The Bertz CT molecular complexity index is 1160. The second-order valence-electron chi connectivity index (χ2n) is 8.17. The maximum Gasteiger partial charge on any atom is 0.137 e. The van der Waals surface area contributed by atoms with E-state index in [0.717, 1.165) is 49.1 Å². The first-order valence-corrected chi connectivity index (χ1v) is 12.8. The number of carbonyl (C=O) groups is 1. The quantitative estimate of drug-likeness (QED) is 0.304. The van der Waals surface area contributed by atoms with Gasteiger partial charge in [0.05, 0.1) is 16.4 Å². The van der Waals surface area contributed by atoms with Crippen LogP contribution in [-0.4, -0.2) is 27.2 Å². The molecule has 0 radical (unpaired) electrons. The monoisotopic (exact) mass is 459 g/mol. The Labute approximate surface area is 196 Å². The highest BCUT2D eigenvalue weighted by Gasteiger charge is 2.31. The number of benzene rings is 2. The highest BCUT2D eigenvalue weighted by molar-refractivity contribution is 7.13. The molecule has 4 nitrogen and oxygen atoms in total. The molecule has 2 aromatic heterocycles. The average Bonchev–Trinajstić information content (AvgIpc) is 3.53. The molecule has 4 aromatic rings. The van der Waals surface area contributed by atoms with E-state index in [1.807, 2.05) is 23.3 Å². The van der Waals surface area contributed by atoms with Crippen molar-refractivity contribution in [3.8, 4) is 21.0 Å². The number of aldehydes is 1. The second kappa shape index (κ2) is 9.86. The van der Waals surface area contributed by atoms with Crippen LogP contribution in [0.1, 0.15) is 42.9 Å². The predicted molar refractivity (Wildman–Crippen MR) is 132 cm³/mol. The molecule has 0 spiro atoms. The molecule has 1 aliphatic heterocycles. The van der Waals surface area contributed by atoms with Crippen LogP contribution in [0, 0.1) is 0 Å². The molecule has 0 bridgehead atoms. The van der Waals surface area contributed by atoms with E-state index >= 15 is 0 Å². The van der Waals surface area contributed by atoms with Gasteiger partial charge >= 0.3 is 0 Å². The Kier molecular flexibility index (Phi) is 6.53. The fourth-order valence-corrected chi connectivity index (χ4v) is 6.01. The Hall–Kier alpha value is -2.67. The highest BCUT2D eigenvalue weighted by atomic mass is 32.1. The number of hydrogen-bond acceptors (Lipinski definition) is 6. The Morgan fingerprint density at radius 1 is 1.06 bits per heavy atom. The van der Waals surface area contributed by atoms with Crippen molar-refractivity contribution in [2.45, 2.75) is 44.3 Å². The van der Waals surface area contributed by atoms with Gasteiger partial charge in [0.2, 0.25) is 0 Å². The zero-order valence-corrected chi connectivity index (χ0v) is 19.4. The third kappa shape index (κ3) is 4.44. The van der Waals surface area contributed by atoms with E-state index < -0.39 is 0 Å². The van der Waals surface area contributed by atoms with Gasteiger partial charge in [-0.25, -0.2) is 4.98 Å². The molecule has 1 fully saturated rings. The van der Waals surface area contributed by atoms with E-state index in [1.54, 1.807) is 22.7 Å². The van der Waals surface area contributed by atoms with Crippen molar-refractivity contribution < 1.29 is 4.79 Å². The average molecular weight is 460 g/mol. The minimum absolute atomic E-state index is 0.0828. The summed E-state index contributed by atoms with van der Waals surface area (Å²) in [5, 5.41) is 3.03. The standard InChI is InChI=1S/C26H25N3OS2/c30-17-21-8-1-4-11-24(22-9-2-3-10-23(22)25-15-27-18-32-25)29(21)16-19-6-5-7-20(14-19)26-28-12-13-31-26/h2-3,5-7,9-10,12-15,17-18,21,24H,1,4,8,11,16H2. The fraction of sp³-hybridized carbons (Fsp3) is 0.269. The first kappa shape index (κ1) is 21.2. The normalized spacial score (nSPS) is 19.5. The van der Waals surface area contributed by atoms with Gasteiger partial charge in [-0.3, -0.25) is 9.88 Å². The van der Waals surface area contributed by atoms with Crippen molar-refractivity contribution in [2.75, 3.05) is 0 Å². The molecule has 1 saturated heterocycles. The molecule has 3 heterocycles. The molecule has 1 aliphatic rings. The van der Waals surface area contributed by atoms with Crippen LogP contribution >= 0.6 is 22.7 Å². The van der Waals surface area contributed by atoms with E-state index in [0.29, 0.717) is 0 Å². The summed E-state index contributed by atoms with van der Waals surface area (Å²) in [6, 6.07) is 17.3. The third-order valence-electron chi connectivity index (χ3n) is 6.20. The summed E-state index contributed by atoms with van der Waals surface area (Å²) in [6.45, 7) is 0.740. The number of aromatic nitrogens is 2. The summed E-state index contributed by atoms with van der Waals surface area (Å²) in [6.07, 6.45) is 9.11. The van der Waals surface area contributed by atoms with Crippen molar-refractivity contribution in [3.05, 3.63) is 82.9 Å². The molecule has 2 unspecified atom stereocenters. The molecule has 0 N–H and O–H groups in total. The number of carbonyl (C=O) groups excluding carboxylic acids is 1. The zero-order valence-electron chi connectivity index (χ0n) is 17.8. The van der Waals surface area contributed by atoms with Gasteiger partial charge in [-0.05, 0) is 35.6 Å². The lowest BCUT2D eigenvalue weighted by atomic mass is 9.94. The molecule has 2 aromatic carbocycles. The van der Waals surface area contributed by atoms with Crippen molar-refractivity contribution in [1.29, 1.82) is 0 Å². The summed E-state index contributed by atoms with van der Waals surface area (Å²) < 4.78 is 0. The van der Waals surface area contributed by atoms with Crippen LogP contribution in [0.5, 0.6) is 0 Å². The number of nitrogens with zero attached hydrogens (tertiary/aromatic N) is 3. The van der Waals surface area contributed by atoms with Crippen LogP contribution in [0.2, 0.25) is 0 Å². The molecular weight excluding hydrogens is 434 g/mol. The summed E-state index contributed by atoms with van der Waals surface area (Å²) >= 11 is 3.32. The van der Waals surface area contributed by atoms with Crippen LogP contribution in [-0.2, 0) is 11.3 Å². The molecule has 0 saturated carbocycles. The topological polar surface area (TPSA) is 46.1 Å². The Balaban J connectivity index is 1.53. The van der Waals surface area contributed by atoms with E-state index in [1.165, 1.54) is 21.6 Å². The van der Waals surface area contributed by atoms with Gasteiger partial charge in [0.25, 0.3) is 0 Å². The van der Waals surface area contributed by atoms with Gasteiger partial charge in [-0.1, -0.05) is 55.3 Å². The third-order valence-corrected chi connectivity index (χ3v) is 7.83. The SMILES string of the molecule is O=CC1CCCCC(c2ccccc2-c2cncs2)N1Cc1cccc(-c2nccs2)c1. The van der Waals surface area contributed by atoms with Crippen molar-refractivity contribution in [1.82, 2.24) is 14.9 Å². The van der Waals surface area contributed by atoms with Crippen LogP contribution in [0.25, 0.3) is 21.0 Å². The maximum absolute atomic E-state index is 12.2. The van der Waals surface area contributed by atoms with Crippen LogP contribution in [0.15, 0.2) is 71.8 Å². The number of hydrogen-bond donors (Lipinski definition) is 0. The van der Waals surface area contributed by atoms with Crippen molar-refractivity contribution >= 4 is 29.0 Å². The van der Waals surface area contributed by atoms with E-state index in [4.69, 9.17) is 0 Å². The van der Waals surface area contributed by atoms with Crippen LogP contribution < -0.4 is 0 Å². The highest BCUT2D eigenvalue weighted by Crippen LogP contribution is 2.40. The molecule has 162 valence electrons. The molecule has 6 heteroatoms. The Morgan fingerprint density at radius 2 is 1.97 bits per heavy atom. The number of thiazole rings is 2. The second-order valence-corrected chi connectivity index (χ2v) is 9.95. The lowest BCUT2D eigenvalue weighted by Gasteiger charge is -2.35. The molecule has 32 heavy (non-hydrogen) atoms. The molecule has 0 aliphatic carbocycles. The van der Waals surface area contributed by atoms with E-state index in [2.05, 4.69) is 63.4 Å². The summed E-state index contributed by atoms with van der Waals surface area (Å²) in [4.78, 5) is 24.6. The molecule has 0 amide bonds. The number of rotatable bonds is 6. The lowest BCUT2D eigenvalue weighted by Crippen LogP contribution is -2.38. The number of likely N-dealkylation sites (tertiary alicyclic amines) is 1. The fourth-order valence-electron chi connectivity index (χ4n) is 4.70. The largest absolute Gasteiger partial charge is 0.302 e. The van der Waals surface area contributed by atoms with Crippen LogP contribution in [0.4, 0.5) is 0 Å². The smallest absolute Gasteiger partial charge is 0.137 e. The lowest BCUT2D eigenvalue weighted by molar-refractivity contribution is -0.113. The van der Waals surface area contributed by atoms with Gasteiger partial charge < -0.3 is 4.79 Å². The van der Waals surface area contributed by atoms with Gasteiger partial charge in [0.15, 0.2) is 0 Å². The summed E-state index contributed by atoms with van der Waals surface area (Å²) in [5.41, 5.74) is 6.76. The minimum Gasteiger partial charge on any atom is -0.302 e. The molecule has 5 rings (SSSR count). The minimum atomic E-state index is -0.0828. The first-order valence-electron chi connectivity index (χ1n) is 11.0. The first-order chi connectivity index (χ1) is 15.8. The van der Waals surface area contributed by atoms with Gasteiger partial charge in [0, 0.05) is 35.9 Å². The molecule has 2 atom stereocenters. The van der Waals surface area contributed by atoms with Crippen LogP contribution in [0.3, 0.4) is 0 Å². The van der Waals surface area contributed by atoms with Gasteiger partial charge in [-0.2, -0.15) is 0 Å². The molecular formula is C26H25N3OS2. The van der Waals surface area contributed by atoms with Gasteiger partial charge in [0.1, 0.15) is 11.3 Å². The van der Waals surface area contributed by atoms with E-state index in [-0.39, 0.29) is 12.1 Å². The van der Waals surface area contributed by atoms with E-state index in [9.17, 15) is 4.79 Å². The summed E-state index contributed by atoms with van der Waals surface area (Å²) in [7, 11) is 0. The zero-order chi connectivity index (χ0) is 21.8. The van der Waals surface area contributed by atoms with Gasteiger partial charge in [-0.15, -0.1) is 22.7 Å². The summed E-state index contributed by atoms with van der Waals surface area (Å²) in [5.74, 6) is 0. The van der Waals surface area contributed by atoms with Crippen molar-refractivity contribution in [2.24, 2.45) is 0 Å².